The Bertz CT molecular complexity index is 1220. The second-order valence-corrected chi connectivity index (χ2v) is 9.04. The first-order valence-corrected chi connectivity index (χ1v) is 10.9. The number of halogens is 4. The number of carbonyl (C=O) groups is 1. The zero-order valence-electron chi connectivity index (χ0n) is 16.6. The van der Waals surface area contributed by atoms with Gasteiger partial charge >= 0.3 is 6.18 Å². The van der Waals surface area contributed by atoms with Gasteiger partial charge in [0.15, 0.2) is 0 Å². The minimum Gasteiger partial charge on any atom is -0.336 e. The molecule has 32 heavy (non-hydrogen) atoms. The molecule has 1 aliphatic heterocycles. The summed E-state index contributed by atoms with van der Waals surface area (Å²) in [6.45, 7) is 0.435. The molecular formula is C21H19ClF3N3O3S. The van der Waals surface area contributed by atoms with Gasteiger partial charge in [0.25, 0.3) is 5.91 Å². The van der Waals surface area contributed by atoms with E-state index in [1.54, 1.807) is 29.3 Å². The summed E-state index contributed by atoms with van der Waals surface area (Å²) in [7, 11) is -3.96. The van der Waals surface area contributed by atoms with Crippen molar-refractivity contribution in [2.45, 2.75) is 11.1 Å². The van der Waals surface area contributed by atoms with Gasteiger partial charge in [0.05, 0.1) is 21.5 Å². The molecule has 11 heteroatoms. The molecule has 2 heterocycles. The number of hydrogen-bond donors (Lipinski definition) is 0. The second-order valence-electron chi connectivity index (χ2n) is 7.10. The molecule has 0 radical (unpaired) electrons. The molecule has 0 saturated carbocycles. The summed E-state index contributed by atoms with van der Waals surface area (Å²) in [6, 6.07) is 12.4. The number of hydrogen-bond acceptors (Lipinski definition) is 4. The lowest BCUT2D eigenvalue weighted by atomic mass is 10.1. The van der Waals surface area contributed by atoms with Gasteiger partial charge < -0.3 is 4.90 Å². The summed E-state index contributed by atoms with van der Waals surface area (Å²) < 4.78 is 65.0. The van der Waals surface area contributed by atoms with Crippen LogP contribution in [0.3, 0.4) is 0 Å². The lowest BCUT2D eigenvalue weighted by molar-refractivity contribution is -0.137. The van der Waals surface area contributed by atoms with E-state index in [9.17, 15) is 26.4 Å². The monoisotopic (exact) mass is 485 g/mol. The van der Waals surface area contributed by atoms with Gasteiger partial charge in [-0.2, -0.15) is 17.5 Å². The van der Waals surface area contributed by atoms with Crippen LogP contribution >= 0.6 is 12.4 Å². The van der Waals surface area contributed by atoms with Crippen molar-refractivity contribution in [3.63, 3.8) is 0 Å². The van der Waals surface area contributed by atoms with Crippen molar-refractivity contribution in [2.75, 3.05) is 26.2 Å². The van der Waals surface area contributed by atoms with E-state index in [1.165, 1.54) is 4.31 Å². The molecule has 0 atom stereocenters. The van der Waals surface area contributed by atoms with Crippen LogP contribution in [0.1, 0.15) is 15.9 Å². The molecule has 1 fully saturated rings. The number of rotatable bonds is 3. The molecule has 0 aliphatic carbocycles. The molecule has 1 aliphatic rings. The molecule has 1 saturated heterocycles. The number of benzene rings is 2. The van der Waals surface area contributed by atoms with Crippen LogP contribution < -0.4 is 0 Å². The normalized spacial score (nSPS) is 15.4. The van der Waals surface area contributed by atoms with Crippen LogP contribution in [0.4, 0.5) is 13.2 Å². The molecule has 2 aromatic carbocycles. The average Bonchev–Trinajstić information content (AvgIpc) is 2.78. The Labute approximate surface area is 189 Å². The van der Waals surface area contributed by atoms with E-state index in [0.29, 0.717) is 11.1 Å². The van der Waals surface area contributed by atoms with E-state index in [4.69, 9.17) is 0 Å². The zero-order chi connectivity index (χ0) is 22.2. The number of piperazine rings is 1. The van der Waals surface area contributed by atoms with Gasteiger partial charge in [0, 0.05) is 37.8 Å². The fourth-order valence-corrected chi connectivity index (χ4v) is 4.97. The second kappa shape index (κ2) is 9.05. The Morgan fingerprint density at radius 3 is 2.16 bits per heavy atom. The molecule has 0 spiro atoms. The quantitative estimate of drug-likeness (QED) is 0.565. The predicted octanol–water partition coefficient (Wildman–Crippen LogP) is 3.82. The zero-order valence-corrected chi connectivity index (χ0v) is 18.3. The number of nitrogens with zero attached hydrogens (tertiary/aromatic N) is 3. The number of pyridine rings is 1. The maximum Gasteiger partial charge on any atom is 0.416 e. The van der Waals surface area contributed by atoms with Crippen LogP contribution in [-0.4, -0.2) is 54.7 Å². The first-order chi connectivity index (χ1) is 14.7. The van der Waals surface area contributed by atoms with Crippen LogP contribution in [0, 0.1) is 0 Å². The summed E-state index contributed by atoms with van der Waals surface area (Å²) >= 11 is 0. The lowest BCUT2D eigenvalue weighted by Crippen LogP contribution is -2.50. The van der Waals surface area contributed by atoms with Crippen molar-refractivity contribution in [1.82, 2.24) is 14.2 Å². The smallest absolute Gasteiger partial charge is 0.336 e. The Morgan fingerprint density at radius 1 is 0.906 bits per heavy atom. The van der Waals surface area contributed by atoms with Crippen LogP contribution in [-0.2, 0) is 16.2 Å². The molecule has 0 unspecified atom stereocenters. The van der Waals surface area contributed by atoms with E-state index in [2.05, 4.69) is 4.98 Å². The minimum atomic E-state index is -4.54. The van der Waals surface area contributed by atoms with Crippen molar-refractivity contribution in [3.8, 4) is 0 Å². The van der Waals surface area contributed by atoms with Gasteiger partial charge in [-0.25, -0.2) is 8.42 Å². The van der Waals surface area contributed by atoms with Crippen molar-refractivity contribution < 1.29 is 26.4 Å². The molecule has 6 nitrogen and oxygen atoms in total. The third-order valence-electron chi connectivity index (χ3n) is 5.21. The maximum atomic E-state index is 13.0. The van der Waals surface area contributed by atoms with Crippen LogP contribution in [0.5, 0.6) is 0 Å². The standard InChI is InChI=1S/C21H18F3N3O3S.ClH/c22-21(23,24)16-6-8-17(9-7-16)31(29,30)27-13-11-26(12-14-27)20(28)18-5-1-3-15-4-2-10-25-19(15)18;/h1-10H,11-14H2;1H. The van der Waals surface area contributed by atoms with Crippen LogP contribution in [0.2, 0.25) is 0 Å². The lowest BCUT2D eigenvalue weighted by Gasteiger charge is -2.34. The summed E-state index contributed by atoms with van der Waals surface area (Å²) in [5.41, 5.74) is 0.109. The van der Waals surface area contributed by atoms with Crippen molar-refractivity contribution >= 4 is 39.2 Å². The number of amides is 1. The van der Waals surface area contributed by atoms with Gasteiger partial charge in [-0.15, -0.1) is 12.4 Å². The Morgan fingerprint density at radius 2 is 1.53 bits per heavy atom. The Hall–Kier alpha value is -2.69. The van der Waals surface area contributed by atoms with E-state index in [1.807, 2.05) is 12.1 Å². The summed E-state index contributed by atoms with van der Waals surface area (Å²) in [5.74, 6) is -0.240. The minimum absolute atomic E-state index is 0. The molecule has 0 bridgehead atoms. The molecule has 1 amide bonds. The van der Waals surface area contributed by atoms with Gasteiger partial charge in [0.1, 0.15) is 0 Å². The molecule has 3 aromatic rings. The van der Waals surface area contributed by atoms with Gasteiger partial charge in [-0.1, -0.05) is 18.2 Å². The predicted molar refractivity (Wildman–Crippen MR) is 115 cm³/mol. The fraction of sp³-hybridized carbons (Fsp3) is 0.238. The highest BCUT2D eigenvalue weighted by Gasteiger charge is 2.33. The molecule has 1 aromatic heterocycles. The number of aromatic nitrogens is 1. The largest absolute Gasteiger partial charge is 0.416 e. The number of fused-ring (bicyclic) bond motifs is 1. The molecule has 0 N–H and O–H groups in total. The van der Waals surface area contributed by atoms with Crippen LogP contribution in [0.15, 0.2) is 65.7 Å². The average molecular weight is 486 g/mol. The van der Waals surface area contributed by atoms with Gasteiger partial charge in [-0.3, -0.25) is 9.78 Å². The number of carbonyl (C=O) groups excluding carboxylic acids is 1. The van der Waals surface area contributed by atoms with Crippen molar-refractivity contribution in [3.05, 3.63) is 71.9 Å². The molecule has 4 rings (SSSR count). The number of alkyl halides is 3. The number of sulfonamides is 1. The summed E-state index contributed by atoms with van der Waals surface area (Å²) in [5, 5.41) is 0.830. The van der Waals surface area contributed by atoms with Gasteiger partial charge in [0.2, 0.25) is 10.0 Å². The van der Waals surface area contributed by atoms with E-state index < -0.39 is 21.8 Å². The first kappa shape index (κ1) is 24.0. The first-order valence-electron chi connectivity index (χ1n) is 9.48. The van der Waals surface area contributed by atoms with Crippen molar-refractivity contribution in [1.29, 1.82) is 0 Å². The van der Waals surface area contributed by atoms with Crippen LogP contribution in [0.25, 0.3) is 10.9 Å². The highest BCUT2D eigenvalue weighted by atomic mass is 35.5. The number of para-hydroxylation sites is 1. The third kappa shape index (κ3) is 4.57. The van der Waals surface area contributed by atoms with Gasteiger partial charge in [-0.05, 0) is 36.4 Å². The fourth-order valence-electron chi connectivity index (χ4n) is 3.54. The topological polar surface area (TPSA) is 70.6 Å². The molecular weight excluding hydrogens is 467 g/mol. The highest BCUT2D eigenvalue weighted by Crippen LogP contribution is 2.30. The Balaban J connectivity index is 0.00000289. The highest BCUT2D eigenvalue weighted by molar-refractivity contribution is 7.89. The van der Waals surface area contributed by atoms with Crippen molar-refractivity contribution in [2.24, 2.45) is 0 Å². The Kier molecular flexibility index (Phi) is 6.77. The summed E-state index contributed by atoms with van der Waals surface area (Å²) in [4.78, 5) is 18.6. The summed E-state index contributed by atoms with van der Waals surface area (Å²) in [6.07, 6.45) is -2.93. The third-order valence-corrected chi connectivity index (χ3v) is 7.12. The maximum absolute atomic E-state index is 13.0. The van der Waals surface area contributed by atoms with E-state index in [0.717, 1.165) is 29.7 Å². The SMILES string of the molecule is Cl.O=C(c1cccc2cccnc12)N1CCN(S(=O)(=O)c2ccc(C(F)(F)F)cc2)CC1. The van der Waals surface area contributed by atoms with E-state index in [-0.39, 0.29) is 49.4 Å². The van der Waals surface area contributed by atoms with E-state index >= 15 is 0 Å². The molecule has 170 valence electrons.